The molecule has 102 valence electrons. The van der Waals surface area contributed by atoms with E-state index in [1.54, 1.807) is 0 Å². The van der Waals surface area contributed by atoms with Crippen LogP contribution < -0.4 is 10.5 Å². The first-order valence-corrected chi connectivity index (χ1v) is 6.83. The summed E-state index contributed by atoms with van der Waals surface area (Å²) in [6.45, 7) is 1.76. The van der Waals surface area contributed by atoms with Crippen LogP contribution in [0.15, 0.2) is 36.4 Å². The molecule has 3 heteroatoms. The van der Waals surface area contributed by atoms with E-state index >= 15 is 0 Å². The monoisotopic (exact) mass is 267 g/mol. The Balaban J connectivity index is 2.05. The summed E-state index contributed by atoms with van der Waals surface area (Å²) < 4.78 is 11.4. The van der Waals surface area contributed by atoms with Gasteiger partial charge in [-0.05, 0) is 11.5 Å². The van der Waals surface area contributed by atoms with Crippen LogP contribution in [0, 0.1) is 11.8 Å². The Labute approximate surface area is 118 Å². The highest BCUT2D eigenvalue weighted by Gasteiger charge is 2.19. The molecule has 1 atom stereocenters. The van der Waals surface area contributed by atoms with Gasteiger partial charge >= 0.3 is 0 Å². The quantitative estimate of drug-likeness (QED) is 0.849. The smallest absolute Gasteiger partial charge is 0.136 e. The van der Waals surface area contributed by atoms with Crippen molar-refractivity contribution < 1.29 is 9.47 Å². The summed E-state index contributed by atoms with van der Waals surface area (Å²) in [4.78, 5) is 0. The van der Waals surface area contributed by atoms with E-state index in [-0.39, 0.29) is 6.10 Å². The molecule has 0 radical (unpaired) electrons. The molecule has 1 heterocycles. The second-order valence-electron chi connectivity index (χ2n) is 4.77. The SMILES string of the molecule is NCC#Cc1c(OC2CCOC2)ccc2ccccc12. The van der Waals surface area contributed by atoms with Crippen LogP contribution in [0.25, 0.3) is 10.8 Å². The Morgan fingerprint density at radius 3 is 2.95 bits per heavy atom. The number of ether oxygens (including phenoxy) is 2. The molecule has 1 unspecified atom stereocenters. The minimum atomic E-state index is 0.120. The summed E-state index contributed by atoms with van der Waals surface area (Å²) in [6.07, 6.45) is 1.05. The molecule has 2 aromatic carbocycles. The fourth-order valence-corrected chi connectivity index (χ4v) is 2.40. The van der Waals surface area contributed by atoms with Crippen LogP contribution in [0.4, 0.5) is 0 Å². The molecule has 2 N–H and O–H groups in total. The van der Waals surface area contributed by atoms with E-state index in [0.29, 0.717) is 13.2 Å². The Morgan fingerprint density at radius 2 is 2.15 bits per heavy atom. The summed E-state index contributed by atoms with van der Waals surface area (Å²) >= 11 is 0. The van der Waals surface area contributed by atoms with Gasteiger partial charge in [-0.25, -0.2) is 0 Å². The van der Waals surface area contributed by atoms with E-state index in [2.05, 4.69) is 30.0 Å². The van der Waals surface area contributed by atoms with E-state index in [1.165, 1.54) is 0 Å². The fourth-order valence-electron chi connectivity index (χ4n) is 2.40. The molecule has 0 amide bonds. The van der Waals surface area contributed by atoms with E-state index in [0.717, 1.165) is 35.1 Å². The van der Waals surface area contributed by atoms with Crippen molar-refractivity contribution >= 4 is 10.8 Å². The van der Waals surface area contributed by atoms with Gasteiger partial charge in [0.2, 0.25) is 0 Å². The van der Waals surface area contributed by atoms with Crippen molar-refractivity contribution in [2.75, 3.05) is 19.8 Å². The lowest BCUT2D eigenvalue weighted by molar-refractivity contribution is 0.141. The third-order valence-electron chi connectivity index (χ3n) is 3.39. The maximum atomic E-state index is 6.04. The number of hydrogen-bond acceptors (Lipinski definition) is 3. The van der Waals surface area contributed by atoms with Crippen molar-refractivity contribution in [1.82, 2.24) is 0 Å². The first kappa shape index (κ1) is 13.0. The highest BCUT2D eigenvalue weighted by Crippen LogP contribution is 2.29. The van der Waals surface area contributed by atoms with Crippen molar-refractivity contribution in [3.8, 4) is 17.6 Å². The van der Waals surface area contributed by atoms with E-state index < -0.39 is 0 Å². The summed E-state index contributed by atoms with van der Waals surface area (Å²) in [5.74, 6) is 6.90. The van der Waals surface area contributed by atoms with Gasteiger partial charge in [0, 0.05) is 11.8 Å². The maximum Gasteiger partial charge on any atom is 0.136 e. The van der Waals surface area contributed by atoms with Crippen molar-refractivity contribution in [2.24, 2.45) is 5.73 Å². The molecule has 1 fully saturated rings. The first-order chi connectivity index (χ1) is 9.88. The average Bonchev–Trinajstić information content (AvgIpc) is 2.99. The van der Waals surface area contributed by atoms with Crippen molar-refractivity contribution in [1.29, 1.82) is 0 Å². The van der Waals surface area contributed by atoms with Crippen LogP contribution in [-0.4, -0.2) is 25.9 Å². The predicted molar refractivity (Wildman–Crippen MR) is 79.7 cm³/mol. The van der Waals surface area contributed by atoms with Crippen LogP contribution in [0.5, 0.6) is 5.75 Å². The molecule has 0 aromatic heterocycles. The van der Waals surface area contributed by atoms with Crippen LogP contribution in [0.3, 0.4) is 0 Å². The number of rotatable bonds is 2. The maximum absolute atomic E-state index is 6.04. The van der Waals surface area contributed by atoms with Gasteiger partial charge in [0.05, 0.1) is 25.3 Å². The molecule has 1 aliphatic rings. The number of nitrogens with two attached hydrogens (primary N) is 1. The Hall–Kier alpha value is -2.02. The van der Waals surface area contributed by atoms with Crippen molar-refractivity contribution in [3.63, 3.8) is 0 Å². The topological polar surface area (TPSA) is 44.5 Å². The lowest BCUT2D eigenvalue weighted by Crippen LogP contribution is -2.16. The number of benzene rings is 2. The normalized spacial score (nSPS) is 17.8. The standard InChI is InChI=1S/C17H17NO2/c18-10-3-6-16-15-5-2-1-4-13(15)7-8-17(16)20-14-9-11-19-12-14/h1-2,4-5,7-8,14H,9-12,18H2. The van der Waals surface area contributed by atoms with E-state index in [4.69, 9.17) is 15.2 Å². The molecule has 3 rings (SSSR count). The van der Waals surface area contributed by atoms with Gasteiger partial charge < -0.3 is 15.2 Å². The molecular formula is C17H17NO2. The van der Waals surface area contributed by atoms with Crippen LogP contribution in [0.1, 0.15) is 12.0 Å². The first-order valence-electron chi connectivity index (χ1n) is 6.83. The van der Waals surface area contributed by atoms with Gasteiger partial charge in [0.1, 0.15) is 11.9 Å². The van der Waals surface area contributed by atoms with E-state index in [9.17, 15) is 0 Å². The predicted octanol–water partition coefficient (Wildman–Crippen LogP) is 2.32. The summed E-state index contributed by atoms with van der Waals surface area (Å²) in [7, 11) is 0. The highest BCUT2D eigenvalue weighted by molar-refractivity contribution is 5.90. The van der Waals surface area contributed by atoms with Gasteiger partial charge in [-0.1, -0.05) is 42.2 Å². The molecular weight excluding hydrogens is 250 g/mol. The molecule has 0 aliphatic carbocycles. The molecule has 3 nitrogen and oxygen atoms in total. The third-order valence-corrected chi connectivity index (χ3v) is 3.39. The molecule has 1 aliphatic heterocycles. The van der Waals surface area contributed by atoms with Crippen LogP contribution in [-0.2, 0) is 4.74 Å². The second kappa shape index (κ2) is 5.96. The minimum absolute atomic E-state index is 0.120. The van der Waals surface area contributed by atoms with E-state index in [1.807, 2.05) is 18.2 Å². The zero-order chi connectivity index (χ0) is 13.8. The van der Waals surface area contributed by atoms with Gasteiger partial charge in [0.25, 0.3) is 0 Å². The molecule has 0 bridgehead atoms. The largest absolute Gasteiger partial charge is 0.487 e. The van der Waals surface area contributed by atoms with Crippen molar-refractivity contribution in [3.05, 3.63) is 42.0 Å². The second-order valence-corrected chi connectivity index (χ2v) is 4.77. The summed E-state index contributed by atoms with van der Waals surface area (Å²) in [6, 6.07) is 12.2. The lowest BCUT2D eigenvalue weighted by Gasteiger charge is -2.15. The fraction of sp³-hybridized carbons (Fsp3) is 0.294. The minimum Gasteiger partial charge on any atom is -0.487 e. The Kier molecular flexibility index (Phi) is 3.87. The number of hydrogen-bond donors (Lipinski definition) is 1. The Bertz CT molecular complexity index is 663. The average molecular weight is 267 g/mol. The van der Waals surface area contributed by atoms with Crippen molar-refractivity contribution in [2.45, 2.75) is 12.5 Å². The third kappa shape index (κ3) is 2.62. The summed E-state index contributed by atoms with van der Waals surface area (Å²) in [5, 5.41) is 2.26. The molecule has 1 saturated heterocycles. The lowest BCUT2D eigenvalue weighted by atomic mass is 10.0. The molecule has 0 spiro atoms. The molecule has 2 aromatic rings. The zero-order valence-electron chi connectivity index (χ0n) is 11.3. The van der Waals surface area contributed by atoms with Gasteiger partial charge in [-0.2, -0.15) is 0 Å². The van der Waals surface area contributed by atoms with Crippen LogP contribution >= 0.6 is 0 Å². The molecule has 0 saturated carbocycles. The van der Waals surface area contributed by atoms with Gasteiger partial charge in [-0.15, -0.1) is 0 Å². The van der Waals surface area contributed by atoms with Gasteiger partial charge in [0.15, 0.2) is 0 Å². The molecule has 20 heavy (non-hydrogen) atoms. The van der Waals surface area contributed by atoms with Crippen LogP contribution in [0.2, 0.25) is 0 Å². The zero-order valence-corrected chi connectivity index (χ0v) is 11.3. The highest BCUT2D eigenvalue weighted by atomic mass is 16.5. The Morgan fingerprint density at radius 1 is 1.25 bits per heavy atom. The van der Waals surface area contributed by atoms with Gasteiger partial charge in [-0.3, -0.25) is 0 Å². The number of fused-ring (bicyclic) bond motifs is 1. The summed E-state index contributed by atoms with van der Waals surface area (Å²) in [5.41, 5.74) is 6.42.